The van der Waals surface area contributed by atoms with E-state index in [0.717, 1.165) is 33.9 Å². The second-order valence-electron chi connectivity index (χ2n) is 7.95. The number of hydrogen-bond acceptors (Lipinski definition) is 5. The van der Waals surface area contributed by atoms with E-state index in [9.17, 15) is 9.90 Å². The Morgan fingerprint density at radius 3 is 1.63 bits per heavy atom. The summed E-state index contributed by atoms with van der Waals surface area (Å²) in [7, 11) is 8.06. The van der Waals surface area contributed by atoms with Gasteiger partial charge < -0.3 is 25.5 Å². The normalized spacial score (nSPS) is 13.7. The maximum Gasteiger partial charge on any atom is 0.335 e. The predicted octanol–water partition coefficient (Wildman–Crippen LogP) is 4.26. The van der Waals surface area contributed by atoms with Crippen LogP contribution in [0.3, 0.4) is 0 Å². The first-order valence-corrected chi connectivity index (χ1v) is 9.79. The minimum atomic E-state index is -0.942. The van der Waals surface area contributed by atoms with Crippen LogP contribution >= 0.6 is 0 Å². The third-order valence-electron chi connectivity index (χ3n) is 5.54. The Hall–Kier alpha value is -3.67. The molecule has 0 unspecified atom stereocenters. The molecule has 3 N–H and O–H groups in total. The topological polar surface area (TPSA) is 67.8 Å². The third-order valence-corrected chi connectivity index (χ3v) is 5.54. The van der Waals surface area contributed by atoms with Gasteiger partial charge in [-0.2, -0.15) is 0 Å². The second kappa shape index (κ2) is 7.30. The molecule has 1 heterocycles. The second-order valence-corrected chi connectivity index (χ2v) is 7.95. The van der Waals surface area contributed by atoms with Crippen molar-refractivity contribution in [2.45, 2.75) is 5.66 Å². The summed E-state index contributed by atoms with van der Waals surface area (Å²) in [5, 5.41) is 16.6. The highest BCUT2D eigenvalue weighted by Gasteiger charge is 2.40. The van der Waals surface area contributed by atoms with E-state index in [1.165, 1.54) is 0 Å². The van der Waals surface area contributed by atoms with Gasteiger partial charge in [0, 0.05) is 50.7 Å². The maximum atomic E-state index is 11.4. The number of nitrogens with one attached hydrogen (secondary N) is 2. The molecule has 0 spiro atoms. The Morgan fingerprint density at radius 1 is 0.733 bits per heavy atom. The maximum absolute atomic E-state index is 11.4. The first kappa shape index (κ1) is 19.6. The standard InChI is InChI=1S/C24H26N4O2/c1-27(2)19-10-6-17(7-11-19)24(18-8-12-20(13-9-18)28(3)4)25-21-14-5-16(23(29)30)15-22(21)26-24/h5-15,25-26H,1-4H3,(H,29,30). The van der Waals surface area contributed by atoms with E-state index in [4.69, 9.17) is 0 Å². The number of fused-ring (bicyclic) bond motifs is 1. The Kier molecular flexibility index (Phi) is 4.78. The van der Waals surface area contributed by atoms with Gasteiger partial charge in [-0.3, -0.25) is 0 Å². The highest BCUT2D eigenvalue weighted by molar-refractivity contribution is 5.92. The van der Waals surface area contributed by atoms with Crippen LogP contribution in [0.4, 0.5) is 22.7 Å². The summed E-state index contributed by atoms with van der Waals surface area (Å²) >= 11 is 0. The van der Waals surface area contributed by atoms with Gasteiger partial charge in [-0.1, -0.05) is 24.3 Å². The fourth-order valence-electron chi connectivity index (χ4n) is 3.80. The molecule has 0 amide bonds. The van der Waals surface area contributed by atoms with E-state index in [1.54, 1.807) is 12.1 Å². The molecule has 0 fully saturated rings. The average molecular weight is 402 g/mol. The zero-order chi connectivity index (χ0) is 21.5. The Bertz CT molecular complexity index is 1020. The molecule has 3 aromatic carbocycles. The van der Waals surface area contributed by atoms with Crippen molar-refractivity contribution < 1.29 is 9.90 Å². The van der Waals surface area contributed by atoms with E-state index in [0.29, 0.717) is 0 Å². The zero-order valence-electron chi connectivity index (χ0n) is 17.6. The van der Waals surface area contributed by atoms with Crippen LogP contribution in [0.25, 0.3) is 0 Å². The summed E-state index contributed by atoms with van der Waals surface area (Å²) in [6.07, 6.45) is 0. The monoisotopic (exact) mass is 402 g/mol. The number of carboxylic acid groups (broad SMARTS) is 1. The molecule has 1 aliphatic rings. The molecule has 0 aliphatic carbocycles. The van der Waals surface area contributed by atoms with E-state index in [-0.39, 0.29) is 5.56 Å². The van der Waals surface area contributed by atoms with Crippen LogP contribution in [0.1, 0.15) is 21.5 Å². The molecule has 4 rings (SSSR count). The van der Waals surface area contributed by atoms with Gasteiger partial charge in [0.1, 0.15) is 0 Å². The molecule has 6 nitrogen and oxygen atoms in total. The van der Waals surface area contributed by atoms with Crippen LogP contribution in [0.5, 0.6) is 0 Å². The summed E-state index contributed by atoms with van der Waals surface area (Å²) in [5.41, 5.74) is 5.50. The summed E-state index contributed by atoms with van der Waals surface area (Å²) in [4.78, 5) is 15.6. The SMILES string of the molecule is CN(C)c1ccc(C2(c3ccc(N(C)C)cc3)Nc3ccc(C(=O)O)cc3N2)cc1. The first-order chi connectivity index (χ1) is 14.3. The van der Waals surface area contributed by atoms with E-state index < -0.39 is 11.6 Å². The summed E-state index contributed by atoms with van der Waals surface area (Å²) < 4.78 is 0. The molecule has 1 aliphatic heterocycles. The van der Waals surface area contributed by atoms with Crippen LogP contribution in [-0.4, -0.2) is 39.3 Å². The largest absolute Gasteiger partial charge is 0.478 e. The van der Waals surface area contributed by atoms with Crippen molar-refractivity contribution in [3.05, 3.63) is 83.4 Å². The predicted molar refractivity (Wildman–Crippen MR) is 123 cm³/mol. The van der Waals surface area contributed by atoms with Gasteiger partial charge in [-0.15, -0.1) is 0 Å². The van der Waals surface area contributed by atoms with Crippen molar-refractivity contribution in [2.75, 3.05) is 48.6 Å². The summed E-state index contributed by atoms with van der Waals surface area (Å²) in [6, 6.07) is 21.8. The number of carbonyl (C=O) groups is 1. The van der Waals surface area contributed by atoms with E-state index in [2.05, 4.69) is 69.0 Å². The molecule has 0 saturated heterocycles. The molecule has 0 saturated carbocycles. The van der Waals surface area contributed by atoms with Crippen LogP contribution in [0.15, 0.2) is 66.7 Å². The zero-order valence-corrected chi connectivity index (χ0v) is 17.6. The average Bonchev–Trinajstić information content (AvgIpc) is 3.13. The molecular formula is C24H26N4O2. The van der Waals surface area contributed by atoms with Gasteiger partial charge >= 0.3 is 5.97 Å². The quantitative estimate of drug-likeness (QED) is 0.593. The lowest BCUT2D eigenvalue weighted by Crippen LogP contribution is -2.40. The van der Waals surface area contributed by atoms with Crippen molar-refractivity contribution in [2.24, 2.45) is 0 Å². The lowest BCUT2D eigenvalue weighted by atomic mass is 9.91. The van der Waals surface area contributed by atoms with Gasteiger partial charge in [0.05, 0.1) is 16.9 Å². The number of nitrogens with zero attached hydrogens (tertiary/aromatic N) is 2. The molecule has 0 radical (unpaired) electrons. The van der Waals surface area contributed by atoms with Gasteiger partial charge in [0.2, 0.25) is 0 Å². The molecule has 0 atom stereocenters. The van der Waals surface area contributed by atoms with Crippen molar-refractivity contribution in [3.8, 4) is 0 Å². The molecular weight excluding hydrogens is 376 g/mol. The number of carboxylic acids is 1. The minimum Gasteiger partial charge on any atom is -0.478 e. The van der Waals surface area contributed by atoms with Crippen LogP contribution in [0.2, 0.25) is 0 Å². The van der Waals surface area contributed by atoms with Gasteiger partial charge in [0.25, 0.3) is 0 Å². The van der Waals surface area contributed by atoms with Crippen LogP contribution in [0, 0.1) is 0 Å². The van der Waals surface area contributed by atoms with Gasteiger partial charge in [0.15, 0.2) is 5.66 Å². The highest BCUT2D eigenvalue weighted by atomic mass is 16.4. The Labute approximate surface area is 176 Å². The fourth-order valence-corrected chi connectivity index (χ4v) is 3.80. The van der Waals surface area contributed by atoms with Crippen molar-refractivity contribution in [1.29, 1.82) is 0 Å². The third kappa shape index (κ3) is 3.30. The van der Waals surface area contributed by atoms with Crippen molar-refractivity contribution >= 4 is 28.7 Å². The summed E-state index contributed by atoms with van der Waals surface area (Å²) in [6.45, 7) is 0. The lowest BCUT2D eigenvalue weighted by Gasteiger charge is -2.33. The summed E-state index contributed by atoms with van der Waals surface area (Å²) in [5.74, 6) is -0.942. The van der Waals surface area contributed by atoms with E-state index >= 15 is 0 Å². The number of rotatable bonds is 5. The molecule has 3 aromatic rings. The molecule has 0 aromatic heterocycles. The van der Waals surface area contributed by atoms with Crippen LogP contribution < -0.4 is 20.4 Å². The van der Waals surface area contributed by atoms with Crippen LogP contribution in [-0.2, 0) is 5.66 Å². The minimum absolute atomic E-state index is 0.254. The fraction of sp³-hybridized carbons (Fsp3) is 0.208. The number of benzene rings is 3. The lowest BCUT2D eigenvalue weighted by molar-refractivity contribution is 0.0697. The van der Waals surface area contributed by atoms with Gasteiger partial charge in [-0.05, 0) is 42.5 Å². The first-order valence-electron chi connectivity index (χ1n) is 9.79. The smallest absolute Gasteiger partial charge is 0.335 e. The van der Waals surface area contributed by atoms with Crippen molar-refractivity contribution in [3.63, 3.8) is 0 Å². The number of aromatic carboxylic acids is 1. The van der Waals surface area contributed by atoms with Crippen molar-refractivity contribution in [1.82, 2.24) is 0 Å². The van der Waals surface area contributed by atoms with Gasteiger partial charge in [-0.25, -0.2) is 4.79 Å². The molecule has 30 heavy (non-hydrogen) atoms. The number of hydrogen-bond donors (Lipinski definition) is 3. The molecule has 0 bridgehead atoms. The highest BCUT2D eigenvalue weighted by Crippen LogP contribution is 2.44. The Balaban J connectivity index is 1.82. The molecule has 154 valence electrons. The Morgan fingerprint density at radius 2 is 1.20 bits per heavy atom. The van der Waals surface area contributed by atoms with E-state index in [1.807, 2.05) is 34.3 Å². The molecule has 6 heteroatoms. The number of anilines is 4.